The summed E-state index contributed by atoms with van der Waals surface area (Å²) < 4.78 is 21.6. The minimum absolute atomic E-state index is 0.175. The molecule has 2 atom stereocenters. The number of aliphatic hydroxyl groups is 1. The predicted octanol–water partition coefficient (Wildman–Crippen LogP) is 0.0852. The molecule has 0 aliphatic heterocycles. The van der Waals surface area contributed by atoms with Crippen molar-refractivity contribution in [1.82, 2.24) is 5.32 Å². The first-order valence-electron chi connectivity index (χ1n) is 5.59. The molecule has 0 spiro atoms. The van der Waals surface area contributed by atoms with Gasteiger partial charge in [-0.05, 0) is 20.3 Å². The molecule has 2 N–H and O–H groups in total. The first-order valence-corrected chi connectivity index (χ1v) is 7.48. The molecule has 1 saturated carbocycles. The molecule has 1 amide bonds. The number of hydrogen-bond donors (Lipinski definition) is 2. The van der Waals surface area contributed by atoms with Gasteiger partial charge in [0.05, 0.1) is 6.10 Å². The van der Waals surface area contributed by atoms with Gasteiger partial charge < -0.3 is 10.4 Å². The van der Waals surface area contributed by atoms with E-state index in [1.807, 2.05) is 13.8 Å². The number of sulfone groups is 1. The quantitative estimate of drug-likeness (QED) is 0.755. The lowest BCUT2D eigenvalue weighted by atomic mass is 9.64. The fraction of sp³-hybridized carbons (Fsp3) is 0.909. The number of amides is 1. The molecule has 100 valence electrons. The minimum Gasteiger partial charge on any atom is -0.392 e. The maximum atomic E-state index is 11.9. The maximum Gasteiger partial charge on any atom is 0.241 e. The third-order valence-electron chi connectivity index (χ3n) is 4.00. The number of rotatable bonds is 3. The topological polar surface area (TPSA) is 83.5 Å². The molecule has 1 aliphatic rings. The molecule has 0 aromatic carbocycles. The Kier molecular flexibility index (Phi) is 3.35. The summed E-state index contributed by atoms with van der Waals surface area (Å²) in [6, 6.07) is -0.175. The Morgan fingerprint density at radius 3 is 2.18 bits per heavy atom. The van der Waals surface area contributed by atoms with Crippen molar-refractivity contribution in [3.63, 3.8) is 0 Å². The summed E-state index contributed by atoms with van der Waals surface area (Å²) in [5, 5.41) is 12.3. The summed E-state index contributed by atoms with van der Waals surface area (Å²) in [6.45, 7) is 6.47. The Morgan fingerprint density at radius 1 is 1.41 bits per heavy atom. The van der Waals surface area contributed by atoms with E-state index in [0.29, 0.717) is 6.42 Å². The molecule has 6 heteroatoms. The van der Waals surface area contributed by atoms with Crippen molar-refractivity contribution in [3.05, 3.63) is 0 Å². The lowest BCUT2D eigenvalue weighted by molar-refractivity contribution is -0.131. The molecule has 0 radical (unpaired) electrons. The van der Waals surface area contributed by atoms with Crippen LogP contribution in [-0.2, 0) is 14.6 Å². The molecule has 5 nitrogen and oxygen atoms in total. The smallest absolute Gasteiger partial charge is 0.241 e. The van der Waals surface area contributed by atoms with Crippen LogP contribution in [0.2, 0.25) is 0 Å². The molecular weight excluding hydrogens is 242 g/mol. The zero-order chi connectivity index (χ0) is 13.6. The Labute approximate surface area is 103 Å². The van der Waals surface area contributed by atoms with Crippen LogP contribution < -0.4 is 5.32 Å². The number of hydrogen-bond acceptors (Lipinski definition) is 4. The van der Waals surface area contributed by atoms with Gasteiger partial charge in [-0.3, -0.25) is 4.79 Å². The Bertz CT molecular complexity index is 425. The summed E-state index contributed by atoms with van der Waals surface area (Å²) in [6.07, 6.45) is 1.07. The number of nitrogens with one attached hydrogen (secondary N) is 1. The molecular formula is C11H21NO4S. The summed E-state index contributed by atoms with van der Waals surface area (Å²) in [5.74, 6) is -0.509. The molecule has 0 aromatic rings. The van der Waals surface area contributed by atoms with Crippen LogP contribution in [0.25, 0.3) is 0 Å². The summed E-state index contributed by atoms with van der Waals surface area (Å²) in [4.78, 5) is 11.9. The van der Waals surface area contributed by atoms with Crippen LogP contribution in [0.5, 0.6) is 0 Å². The van der Waals surface area contributed by atoms with Gasteiger partial charge in [-0.15, -0.1) is 0 Å². The summed E-state index contributed by atoms with van der Waals surface area (Å²) in [5.41, 5.74) is -0.400. The first-order chi connectivity index (χ1) is 7.40. The Balaban J connectivity index is 2.76. The van der Waals surface area contributed by atoms with E-state index < -0.39 is 32.0 Å². The fourth-order valence-corrected chi connectivity index (χ4v) is 2.04. The highest BCUT2D eigenvalue weighted by molar-refractivity contribution is 7.92. The van der Waals surface area contributed by atoms with E-state index >= 15 is 0 Å². The van der Waals surface area contributed by atoms with E-state index in [4.69, 9.17) is 0 Å². The van der Waals surface area contributed by atoms with Crippen LogP contribution >= 0.6 is 0 Å². The second-order valence-corrected chi connectivity index (χ2v) is 8.45. The van der Waals surface area contributed by atoms with Crippen molar-refractivity contribution in [2.45, 2.75) is 51.0 Å². The maximum absolute atomic E-state index is 11.9. The Morgan fingerprint density at radius 2 is 1.88 bits per heavy atom. The van der Waals surface area contributed by atoms with Crippen molar-refractivity contribution < 1.29 is 18.3 Å². The third kappa shape index (κ3) is 2.33. The van der Waals surface area contributed by atoms with Gasteiger partial charge in [0.15, 0.2) is 9.84 Å². The normalized spacial score (nSPS) is 28.4. The lowest BCUT2D eigenvalue weighted by Gasteiger charge is -2.50. The van der Waals surface area contributed by atoms with Crippen molar-refractivity contribution in [1.29, 1.82) is 0 Å². The molecule has 1 fully saturated rings. The SMILES string of the molecule is CC1(C)C(O)CC1NC(=O)C(C)(C)S(C)(=O)=O. The van der Waals surface area contributed by atoms with Gasteiger partial charge in [-0.2, -0.15) is 0 Å². The van der Waals surface area contributed by atoms with E-state index in [1.54, 1.807) is 0 Å². The number of carbonyl (C=O) groups excluding carboxylic acids is 1. The van der Waals surface area contributed by atoms with Crippen molar-refractivity contribution in [2.24, 2.45) is 5.41 Å². The average molecular weight is 263 g/mol. The molecule has 0 aromatic heterocycles. The zero-order valence-corrected chi connectivity index (χ0v) is 11.8. The van der Waals surface area contributed by atoms with Gasteiger partial charge in [-0.1, -0.05) is 13.8 Å². The third-order valence-corrected chi connectivity index (χ3v) is 6.03. The molecule has 2 unspecified atom stereocenters. The van der Waals surface area contributed by atoms with E-state index in [0.717, 1.165) is 6.26 Å². The Hall–Kier alpha value is -0.620. The largest absolute Gasteiger partial charge is 0.392 e. The lowest BCUT2D eigenvalue weighted by Crippen LogP contribution is -2.64. The van der Waals surface area contributed by atoms with Crippen LogP contribution in [0.1, 0.15) is 34.1 Å². The van der Waals surface area contributed by atoms with Crippen molar-refractivity contribution in [2.75, 3.05) is 6.26 Å². The molecule has 0 heterocycles. The van der Waals surface area contributed by atoms with E-state index in [1.165, 1.54) is 13.8 Å². The van der Waals surface area contributed by atoms with E-state index in [9.17, 15) is 18.3 Å². The van der Waals surface area contributed by atoms with Crippen molar-refractivity contribution in [3.8, 4) is 0 Å². The molecule has 1 aliphatic carbocycles. The van der Waals surface area contributed by atoms with Gasteiger partial charge in [0.2, 0.25) is 5.91 Å². The van der Waals surface area contributed by atoms with Gasteiger partial charge in [0.25, 0.3) is 0 Å². The second-order valence-electron chi connectivity index (χ2n) is 5.88. The monoisotopic (exact) mass is 263 g/mol. The molecule has 1 rings (SSSR count). The standard InChI is InChI=1S/C11H21NO4S/c1-10(2)7(6-8(10)13)12-9(14)11(3,4)17(5,15)16/h7-8,13H,6H2,1-5H3,(H,12,14). The summed E-state index contributed by atoms with van der Waals surface area (Å²) >= 11 is 0. The number of carbonyl (C=O) groups is 1. The highest BCUT2D eigenvalue weighted by Gasteiger charge is 2.50. The highest BCUT2D eigenvalue weighted by atomic mass is 32.2. The fourth-order valence-electron chi connectivity index (χ4n) is 1.65. The first kappa shape index (κ1) is 14.4. The van der Waals surface area contributed by atoms with Crippen LogP contribution in [0.4, 0.5) is 0 Å². The average Bonchev–Trinajstić information content (AvgIpc) is 2.15. The van der Waals surface area contributed by atoms with Gasteiger partial charge >= 0.3 is 0 Å². The van der Waals surface area contributed by atoms with Crippen LogP contribution in [-0.4, -0.2) is 42.6 Å². The van der Waals surface area contributed by atoms with Crippen LogP contribution in [0, 0.1) is 5.41 Å². The van der Waals surface area contributed by atoms with Gasteiger partial charge in [0, 0.05) is 17.7 Å². The number of aliphatic hydroxyl groups excluding tert-OH is 1. The van der Waals surface area contributed by atoms with E-state index in [2.05, 4.69) is 5.32 Å². The second kappa shape index (κ2) is 3.95. The van der Waals surface area contributed by atoms with Gasteiger partial charge in [0.1, 0.15) is 4.75 Å². The van der Waals surface area contributed by atoms with Gasteiger partial charge in [-0.25, -0.2) is 8.42 Å². The molecule has 17 heavy (non-hydrogen) atoms. The van der Waals surface area contributed by atoms with Crippen LogP contribution in [0.3, 0.4) is 0 Å². The zero-order valence-electron chi connectivity index (χ0n) is 10.9. The molecule has 0 saturated heterocycles. The summed E-state index contributed by atoms with van der Waals surface area (Å²) in [7, 11) is -3.46. The highest BCUT2D eigenvalue weighted by Crippen LogP contribution is 2.40. The van der Waals surface area contributed by atoms with Crippen LogP contribution in [0.15, 0.2) is 0 Å². The molecule has 0 bridgehead atoms. The van der Waals surface area contributed by atoms with E-state index in [-0.39, 0.29) is 6.04 Å². The van der Waals surface area contributed by atoms with Crippen molar-refractivity contribution >= 4 is 15.7 Å². The minimum atomic E-state index is -3.46. The predicted molar refractivity (Wildman–Crippen MR) is 65.3 cm³/mol.